The monoisotopic (exact) mass is 288 g/mol. The van der Waals surface area contributed by atoms with Gasteiger partial charge in [-0.25, -0.2) is 0 Å². The van der Waals surface area contributed by atoms with Gasteiger partial charge in [0.25, 0.3) is 0 Å². The summed E-state index contributed by atoms with van der Waals surface area (Å²) in [5.41, 5.74) is 3.86. The van der Waals surface area contributed by atoms with Gasteiger partial charge in [-0.2, -0.15) is 0 Å². The first kappa shape index (κ1) is 14.1. The molecule has 0 bridgehead atoms. The molecule has 1 fully saturated rings. The molecule has 1 aliphatic rings. The molecule has 1 saturated heterocycles. The van der Waals surface area contributed by atoms with E-state index in [1.54, 1.807) is 6.07 Å². The van der Waals surface area contributed by atoms with E-state index in [0.29, 0.717) is 11.1 Å². The SMILES string of the molecule is NNC(Cc1cc(Cl)ccc1Cl)CC1CCCO1. The quantitative estimate of drug-likeness (QED) is 0.647. The smallest absolute Gasteiger partial charge is 0.0591 e. The van der Waals surface area contributed by atoms with Crippen LogP contribution in [0.2, 0.25) is 10.0 Å². The maximum atomic E-state index is 6.16. The first-order chi connectivity index (χ1) is 8.69. The summed E-state index contributed by atoms with van der Waals surface area (Å²) in [7, 11) is 0. The molecule has 0 aromatic heterocycles. The molecule has 0 radical (unpaired) electrons. The van der Waals surface area contributed by atoms with Gasteiger partial charge in [-0.05, 0) is 49.4 Å². The van der Waals surface area contributed by atoms with Crippen molar-refractivity contribution in [2.24, 2.45) is 5.84 Å². The molecule has 18 heavy (non-hydrogen) atoms. The predicted octanol–water partition coefficient (Wildman–Crippen LogP) is 2.94. The minimum absolute atomic E-state index is 0.157. The highest BCUT2D eigenvalue weighted by atomic mass is 35.5. The number of benzene rings is 1. The second-order valence-corrected chi connectivity index (χ2v) is 5.52. The van der Waals surface area contributed by atoms with E-state index < -0.39 is 0 Å². The van der Waals surface area contributed by atoms with E-state index in [-0.39, 0.29) is 6.04 Å². The van der Waals surface area contributed by atoms with Gasteiger partial charge in [-0.15, -0.1) is 0 Å². The Morgan fingerprint density at radius 3 is 2.94 bits per heavy atom. The fourth-order valence-electron chi connectivity index (χ4n) is 2.32. The standard InChI is InChI=1S/C13H18Cl2N2O/c14-10-3-4-13(15)9(6-10)7-11(17-16)8-12-2-1-5-18-12/h3-4,6,11-12,17H,1-2,5,7-8,16H2. The van der Waals surface area contributed by atoms with E-state index in [2.05, 4.69) is 5.43 Å². The number of rotatable bonds is 5. The van der Waals surface area contributed by atoms with Gasteiger partial charge in [0, 0.05) is 22.7 Å². The van der Waals surface area contributed by atoms with Crippen LogP contribution in [0.4, 0.5) is 0 Å². The van der Waals surface area contributed by atoms with Gasteiger partial charge < -0.3 is 4.74 Å². The number of hydrazine groups is 1. The number of hydrogen-bond acceptors (Lipinski definition) is 3. The summed E-state index contributed by atoms with van der Waals surface area (Å²) in [6.45, 7) is 0.861. The van der Waals surface area contributed by atoms with Crippen LogP contribution in [0.15, 0.2) is 18.2 Å². The lowest BCUT2D eigenvalue weighted by atomic mass is 10.00. The number of halogens is 2. The van der Waals surface area contributed by atoms with Crippen LogP contribution in [0.25, 0.3) is 0 Å². The topological polar surface area (TPSA) is 47.3 Å². The van der Waals surface area contributed by atoms with Crippen molar-refractivity contribution in [2.75, 3.05) is 6.61 Å². The van der Waals surface area contributed by atoms with Crippen molar-refractivity contribution in [1.82, 2.24) is 5.43 Å². The van der Waals surface area contributed by atoms with Gasteiger partial charge in [-0.1, -0.05) is 23.2 Å². The van der Waals surface area contributed by atoms with E-state index in [1.807, 2.05) is 12.1 Å². The molecule has 2 rings (SSSR count). The molecule has 3 N–H and O–H groups in total. The third kappa shape index (κ3) is 3.84. The Labute approximate surface area is 118 Å². The Kier molecular flexibility index (Phi) is 5.27. The van der Waals surface area contributed by atoms with Crippen LogP contribution in [0, 0.1) is 0 Å². The normalized spacial score (nSPS) is 21.2. The average Bonchev–Trinajstić information content (AvgIpc) is 2.85. The lowest BCUT2D eigenvalue weighted by Crippen LogP contribution is -2.39. The summed E-state index contributed by atoms with van der Waals surface area (Å²) in [6, 6.07) is 5.66. The zero-order valence-electron chi connectivity index (χ0n) is 10.2. The molecule has 100 valence electrons. The van der Waals surface area contributed by atoms with Crippen molar-refractivity contribution >= 4 is 23.2 Å². The largest absolute Gasteiger partial charge is 0.378 e. The summed E-state index contributed by atoms with van der Waals surface area (Å²) in [6.07, 6.45) is 4.22. The van der Waals surface area contributed by atoms with Crippen LogP contribution < -0.4 is 11.3 Å². The minimum atomic E-state index is 0.157. The fraction of sp³-hybridized carbons (Fsp3) is 0.538. The third-order valence-electron chi connectivity index (χ3n) is 3.28. The minimum Gasteiger partial charge on any atom is -0.378 e. The third-order valence-corrected chi connectivity index (χ3v) is 3.89. The zero-order chi connectivity index (χ0) is 13.0. The van der Waals surface area contributed by atoms with E-state index in [4.69, 9.17) is 33.8 Å². The highest BCUT2D eigenvalue weighted by Crippen LogP contribution is 2.24. The molecule has 0 amide bonds. The predicted molar refractivity (Wildman–Crippen MR) is 74.9 cm³/mol. The molecular weight excluding hydrogens is 271 g/mol. The highest BCUT2D eigenvalue weighted by Gasteiger charge is 2.21. The summed E-state index contributed by atoms with van der Waals surface area (Å²) in [5, 5.41) is 1.43. The molecule has 0 saturated carbocycles. The van der Waals surface area contributed by atoms with Crippen molar-refractivity contribution in [1.29, 1.82) is 0 Å². The molecule has 0 spiro atoms. The Morgan fingerprint density at radius 1 is 1.44 bits per heavy atom. The summed E-state index contributed by atoms with van der Waals surface area (Å²) in [4.78, 5) is 0. The number of ether oxygens (including phenoxy) is 1. The Bertz CT molecular complexity index is 395. The van der Waals surface area contributed by atoms with Crippen LogP contribution in [0.1, 0.15) is 24.8 Å². The second kappa shape index (κ2) is 6.73. The van der Waals surface area contributed by atoms with Gasteiger partial charge in [0.2, 0.25) is 0 Å². The average molecular weight is 289 g/mol. The molecule has 1 aromatic rings. The molecule has 1 aromatic carbocycles. The van der Waals surface area contributed by atoms with Crippen molar-refractivity contribution in [2.45, 2.75) is 37.8 Å². The molecule has 0 aliphatic carbocycles. The van der Waals surface area contributed by atoms with Crippen LogP contribution >= 0.6 is 23.2 Å². The van der Waals surface area contributed by atoms with E-state index in [9.17, 15) is 0 Å². The molecule has 2 unspecified atom stereocenters. The maximum absolute atomic E-state index is 6.16. The fourth-order valence-corrected chi connectivity index (χ4v) is 2.71. The highest BCUT2D eigenvalue weighted by molar-refractivity contribution is 6.33. The van der Waals surface area contributed by atoms with E-state index >= 15 is 0 Å². The van der Waals surface area contributed by atoms with E-state index in [0.717, 1.165) is 42.9 Å². The molecule has 2 atom stereocenters. The molecular formula is C13H18Cl2N2O. The second-order valence-electron chi connectivity index (χ2n) is 4.67. The number of nitrogens with two attached hydrogens (primary N) is 1. The number of nitrogens with one attached hydrogen (secondary N) is 1. The molecule has 3 nitrogen and oxygen atoms in total. The van der Waals surface area contributed by atoms with Crippen LogP contribution in [-0.4, -0.2) is 18.8 Å². The van der Waals surface area contributed by atoms with Gasteiger partial charge >= 0.3 is 0 Å². The van der Waals surface area contributed by atoms with Crippen LogP contribution in [-0.2, 0) is 11.2 Å². The molecule has 1 aliphatic heterocycles. The lowest BCUT2D eigenvalue weighted by Gasteiger charge is -2.20. The Balaban J connectivity index is 1.98. The molecule has 1 heterocycles. The maximum Gasteiger partial charge on any atom is 0.0591 e. The zero-order valence-corrected chi connectivity index (χ0v) is 11.7. The van der Waals surface area contributed by atoms with E-state index in [1.165, 1.54) is 0 Å². The first-order valence-corrected chi connectivity index (χ1v) is 6.96. The Morgan fingerprint density at radius 2 is 2.28 bits per heavy atom. The van der Waals surface area contributed by atoms with Gasteiger partial charge in [-0.3, -0.25) is 11.3 Å². The van der Waals surface area contributed by atoms with Crippen molar-refractivity contribution in [3.8, 4) is 0 Å². The van der Waals surface area contributed by atoms with Crippen molar-refractivity contribution < 1.29 is 4.74 Å². The van der Waals surface area contributed by atoms with Gasteiger partial charge in [0.1, 0.15) is 0 Å². The van der Waals surface area contributed by atoms with Crippen LogP contribution in [0.5, 0.6) is 0 Å². The summed E-state index contributed by atoms with van der Waals surface area (Å²) < 4.78 is 5.62. The number of hydrogen-bond donors (Lipinski definition) is 2. The Hall–Kier alpha value is -0.320. The summed E-state index contributed by atoms with van der Waals surface area (Å²) >= 11 is 12.1. The first-order valence-electron chi connectivity index (χ1n) is 6.20. The van der Waals surface area contributed by atoms with Crippen molar-refractivity contribution in [3.05, 3.63) is 33.8 Å². The van der Waals surface area contributed by atoms with Crippen LogP contribution in [0.3, 0.4) is 0 Å². The molecule has 5 heteroatoms. The summed E-state index contributed by atoms with van der Waals surface area (Å²) in [5.74, 6) is 5.61. The van der Waals surface area contributed by atoms with Gasteiger partial charge in [0.05, 0.1) is 6.10 Å². The van der Waals surface area contributed by atoms with Gasteiger partial charge in [0.15, 0.2) is 0 Å². The lowest BCUT2D eigenvalue weighted by molar-refractivity contribution is 0.0946. The van der Waals surface area contributed by atoms with Crippen molar-refractivity contribution in [3.63, 3.8) is 0 Å².